The van der Waals surface area contributed by atoms with E-state index < -0.39 is 0 Å². The average molecular weight is 233 g/mol. The Labute approximate surface area is 99.6 Å². The number of nitrogens with zero attached hydrogens (tertiary/aromatic N) is 2. The van der Waals surface area contributed by atoms with Crippen molar-refractivity contribution in [1.82, 2.24) is 9.88 Å². The number of piperidine rings is 1. The highest BCUT2D eigenvalue weighted by molar-refractivity contribution is 5.97. The maximum atomic E-state index is 11.8. The van der Waals surface area contributed by atoms with Crippen LogP contribution in [-0.4, -0.2) is 21.7 Å². The van der Waals surface area contributed by atoms with Gasteiger partial charge in [0.2, 0.25) is 11.8 Å². The fourth-order valence-corrected chi connectivity index (χ4v) is 1.95. The number of rotatable bonds is 2. The minimum Gasteiger partial charge on any atom is -0.399 e. The molecule has 0 unspecified atom stereocenters. The van der Waals surface area contributed by atoms with Crippen LogP contribution in [0.2, 0.25) is 0 Å². The topological polar surface area (TPSA) is 76.3 Å². The van der Waals surface area contributed by atoms with E-state index in [9.17, 15) is 9.59 Å². The lowest BCUT2D eigenvalue weighted by molar-refractivity contribution is -0.150. The zero-order chi connectivity index (χ0) is 12.4. The summed E-state index contributed by atoms with van der Waals surface area (Å²) in [6, 6.07) is 3.35. The zero-order valence-electron chi connectivity index (χ0n) is 9.72. The van der Waals surface area contributed by atoms with Gasteiger partial charge in [-0.2, -0.15) is 0 Å². The number of amides is 2. The minimum atomic E-state index is -0.127. The molecule has 2 amide bonds. The molecular weight excluding hydrogens is 218 g/mol. The Morgan fingerprint density at radius 3 is 2.65 bits per heavy atom. The van der Waals surface area contributed by atoms with Crippen molar-refractivity contribution in [3.63, 3.8) is 0 Å². The molecule has 2 N–H and O–H groups in total. The molecule has 90 valence electrons. The maximum Gasteiger partial charge on any atom is 0.229 e. The SMILES string of the molecule is CC1CC(=O)N(Cc2cc(N)ccn2)C(=O)C1. The molecule has 1 aromatic heterocycles. The summed E-state index contributed by atoms with van der Waals surface area (Å²) in [4.78, 5) is 28.9. The van der Waals surface area contributed by atoms with Crippen molar-refractivity contribution in [3.05, 3.63) is 24.0 Å². The number of carbonyl (C=O) groups is 2. The van der Waals surface area contributed by atoms with E-state index in [0.29, 0.717) is 24.2 Å². The van der Waals surface area contributed by atoms with Crippen LogP contribution in [0.15, 0.2) is 18.3 Å². The first-order valence-corrected chi connectivity index (χ1v) is 5.60. The predicted octanol–water partition coefficient (Wildman–Crippen LogP) is 0.949. The van der Waals surface area contributed by atoms with Crippen molar-refractivity contribution < 1.29 is 9.59 Å². The van der Waals surface area contributed by atoms with Gasteiger partial charge in [0.05, 0.1) is 12.2 Å². The van der Waals surface area contributed by atoms with Crippen molar-refractivity contribution in [2.24, 2.45) is 5.92 Å². The quantitative estimate of drug-likeness (QED) is 0.771. The summed E-state index contributed by atoms with van der Waals surface area (Å²) in [5, 5.41) is 0. The molecule has 1 aromatic rings. The first-order chi connectivity index (χ1) is 8.06. The molecule has 0 aliphatic carbocycles. The van der Waals surface area contributed by atoms with E-state index in [4.69, 9.17) is 5.73 Å². The first-order valence-electron chi connectivity index (χ1n) is 5.60. The number of carbonyl (C=O) groups excluding carboxylic acids is 2. The van der Waals surface area contributed by atoms with E-state index in [-0.39, 0.29) is 24.3 Å². The molecule has 2 rings (SSSR count). The Balaban J connectivity index is 2.13. The lowest BCUT2D eigenvalue weighted by Crippen LogP contribution is -2.42. The summed E-state index contributed by atoms with van der Waals surface area (Å²) in [6.45, 7) is 2.13. The maximum absolute atomic E-state index is 11.8. The van der Waals surface area contributed by atoms with Crippen LogP contribution < -0.4 is 5.73 Å². The highest BCUT2D eigenvalue weighted by Gasteiger charge is 2.30. The van der Waals surface area contributed by atoms with Crippen LogP contribution in [0.25, 0.3) is 0 Å². The fourth-order valence-electron chi connectivity index (χ4n) is 1.95. The molecule has 1 saturated heterocycles. The minimum absolute atomic E-state index is 0.127. The summed E-state index contributed by atoms with van der Waals surface area (Å²) in [5.74, 6) is -0.115. The third kappa shape index (κ3) is 2.61. The molecule has 2 heterocycles. The molecule has 0 atom stereocenters. The van der Waals surface area contributed by atoms with Crippen LogP contribution in [0.5, 0.6) is 0 Å². The fraction of sp³-hybridized carbons (Fsp3) is 0.417. The van der Waals surface area contributed by atoms with Gasteiger partial charge in [0.15, 0.2) is 0 Å². The normalized spacial score (nSPS) is 17.6. The van der Waals surface area contributed by atoms with Crippen molar-refractivity contribution in [2.45, 2.75) is 26.3 Å². The van der Waals surface area contributed by atoms with Gasteiger partial charge in [-0.15, -0.1) is 0 Å². The van der Waals surface area contributed by atoms with E-state index >= 15 is 0 Å². The Morgan fingerprint density at radius 1 is 1.41 bits per heavy atom. The summed E-state index contributed by atoms with van der Waals surface area (Å²) in [7, 11) is 0. The Morgan fingerprint density at radius 2 is 2.06 bits per heavy atom. The van der Waals surface area contributed by atoms with E-state index in [2.05, 4.69) is 4.98 Å². The van der Waals surface area contributed by atoms with Crippen LogP contribution >= 0.6 is 0 Å². The van der Waals surface area contributed by atoms with Gasteiger partial charge in [-0.3, -0.25) is 19.5 Å². The molecule has 0 radical (unpaired) electrons. The van der Waals surface area contributed by atoms with Gasteiger partial charge in [0, 0.05) is 24.7 Å². The number of nitrogens with two attached hydrogens (primary N) is 1. The van der Waals surface area contributed by atoms with Crippen molar-refractivity contribution in [2.75, 3.05) is 5.73 Å². The molecule has 0 bridgehead atoms. The van der Waals surface area contributed by atoms with Gasteiger partial charge < -0.3 is 5.73 Å². The van der Waals surface area contributed by atoms with Gasteiger partial charge in [-0.1, -0.05) is 6.92 Å². The molecule has 1 aliphatic rings. The number of likely N-dealkylation sites (tertiary alicyclic amines) is 1. The Kier molecular flexibility index (Phi) is 3.08. The van der Waals surface area contributed by atoms with Crippen molar-refractivity contribution in [3.8, 4) is 0 Å². The summed E-state index contributed by atoms with van der Waals surface area (Å²) >= 11 is 0. The summed E-state index contributed by atoms with van der Waals surface area (Å²) in [6.07, 6.45) is 2.42. The third-order valence-corrected chi connectivity index (χ3v) is 2.81. The van der Waals surface area contributed by atoms with Crippen LogP contribution in [0.1, 0.15) is 25.5 Å². The van der Waals surface area contributed by atoms with E-state index in [1.54, 1.807) is 18.3 Å². The predicted molar refractivity (Wildman–Crippen MR) is 62.6 cm³/mol. The molecule has 0 aromatic carbocycles. The van der Waals surface area contributed by atoms with E-state index in [0.717, 1.165) is 0 Å². The molecule has 0 spiro atoms. The number of imide groups is 1. The lowest BCUT2D eigenvalue weighted by Gasteiger charge is -2.27. The highest BCUT2D eigenvalue weighted by Crippen LogP contribution is 2.20. The number of aromatic nitrogens is 1. The smallest absolute Gasteiger partial charge is 0.229 e. The second-order valence-corrected chi connectivity index (χ2v) is 4.47. The van der Waals surface area contributed by atoms with E-state index in [1.807, 2.05) is 6.92 Å². The number of anilines is 1. The Bertz CT molecular complexity index is 441. The first kappa shape index (κ1) is 11.6. The molecular formula is C12H15N3O2. The molecule has 0 saturated carbocycles. The van der Waals surface area contributed by atoms with Gasteiger partial charge >= 0.3 is 0 Å². The molecule has 1 fully saturated rings. The largest absolute Gasteiger partial charge is 0.399 e. The molecule has 5 heteroatoms. The van der Waals surface area contributed by atoms with Gasteiger partial charge in [-0.25, -0.2) is 0 Å². The monoisotopic (exact) mass is 233 g/mol. The highest BCUT2D eigenvalue weighted by atomic mass is 16.2. The van der Waals surface area contributed by atoms with Crippen LogP contribution in [0.3, 0.4) is 0 Å². The second kappa shape index (κ2) is 4.53. The second-order valence-electron chi connectivity index (χ2n) is 4.47. The number of nitrogen functional groups attached to an aromatic ring is 1. The van der Waals surface area contributed by atoms with Gasteiger partial charge in [-0.05, 0) is 18.1 Å². The molecule has 5 nitrogen and oxygen atoms in total. The average Bonchev–Trinajstić information content (AvgIpc) is 2.23. The summed E-state index contributed by atoms with van der Waals surface area (Å²) < 4.78 is 0. The van der Waals surface area contributed by atoms with Gasteiger partial charge in [0.1, 0.15) is 0 Å². The Hall–Kier alpha value is -1.91. The van der Waals surface area contributed by atoms with Crippen molar-refractivity contribution >= 4 is 17.5 Å². The van der Waals surface area contributed by atoms with Gasteiger partial charge in [0.25, 0.3) is 0 Å². The zero-order valence-corrected chi connectivity index (χ0v) is 9.72. The van der Waals surface area contributed by atoms with E-state index in [1.165, 1.54) is 4.90 Å². The molecule has 17 heavy (non-hydrogen) atoms. The standard InChI is InChI=1S/C12H15N3O2/c1-8-4-11(16)15(12(17)5-8)7-10-6-9(13)2-3-14-10/h2-3,6,8H,4-5,7H2,1H3,(H2,13,14). The van der Waals surface area contributed by atoms with Crippen LogP contribution in [0, 0.1) is 5.92 Å². The lowest BCUT2D eigenvalue weighted by atomic mass is 9.97. The summed E-state index contributed by atoms with van der Waals surface area (Å²) in [5.41, 5.74) is 6.85. The van der Waals surface area contributed by atoms with Crippen molar-refractivity contribution in [1.29, 1.82) is 0 Å². The number of hydrogen-bond acceptors (Lipinski definition) is 4. The number of hydrogen-bond donors (Lipinski definition) is 1. The van der Waals surface area contributed by atoms with Crippen LogP contribution in [0.4, 0.5) is 5.69 Å². The molecule has 1 aliphatic heterocycles. The number of pyridine rings is 1. The third-order valence-electron chi connectivity index (χ3n) is 2.81. The van der Waals surface area contributed by atoms with Crippen LogP contribution in [-0.2, 0) is 16.1 Å².